The van der Waals surface area contributed by atoms with Gasteiger partial charge in [-0.15, -0.1) is 11.6 Å². The highest BCUT2D eigenvalue weighted by Crippen LogP contribution is 2.36. The van der Waals surface area contributed by atoms with Gasteiger partial charge in [-0.1, -0.05) is 37.3 Å². The highest BCUT2D eigenvalue weighted by molar-refractivity contribution is 6.18. The summed E-state index contributed by atoms with van der Waals surface area (Å²) in [5, 5.41) is 13.9. The molecular weight excluding hydrogens is 538 g/mol. The summed E-state index contributed by atoms with van der Waals surface area (Å²) in [6.07, 6.45) is 8.53. The van der Waals surface area contributed by atoms with Gasteiger partial charge in [-0.05, 0) is 51.2 Å². The van der Waals surface area contributed by atoms with Crippen molar-refractivity contribution in [3.05, 3.63) is 48.1 Å². The number of rotatable bonds is 11. The summed E-state index contributed by atoms with van der Waals surface area (Å²) >= 11 is 6.05. The Bertz CT molecular complexity index is 1010. The molecular formula is C30H44ClNO8. The van der Waals surface area contributed by atoms with Gasteiger partial charge in [0, 0.05) is 19.4 Å². The van der Waals surface area contributed by atoms with Crippen LogP contribution in [0.25, 0.3) is 0 Å². The lowest BCUT2D eigenvalue weighted by molar-refractivity contribution is -0.148. The van der Waals surface area contributed by atoms with Gasteiger partial charge < -0.3 is 29.4 Å². The molecule has 0 aromatic heterocycles. The maximum Gasteiger partial charge on any atom is 0.308 e. The van der Waals surface area contributed by atoms with Gasteiger partial charge in [0.05, 0.1) is 49.9 Å². The van der Waals surface area contributed by atoms with Crippen LogP contribution < -0.4 is 5.32 Å². The van der Waals surface area contributed by atoms with Crippen molar-refractivity contribution in [3.63, 3.8) is 0 Å². The van der Waals surface area contributed by atoms with Crippen molar-refractivity contribution in [1.82, 2.24) is 5.32 Å². The molecule has 1 amide bonds. The lowest BCUT2D eigenvalue weighted by Gasteiger charge is -2.41. The Hall–Kier alpha value is -2.46. The molecule has 2 heterocycles. The normalized spacial score (nSPS) is 32.2. The number of hydrogen-bond donors (Lipinski definition) is 2. The fourth-order valence-electron chi connectivity index (χ4n) is 4.88. The minimum Gasteiger partial charge on any atom is -0.469 e. The Morgan fingerprint density at radius 3 is 2.58 bits per heavy atom. The van der Waals surface area contributed by atoms with E-state index in [0.717, 1.165) is 12.0 Å². The molecule has 8 unspecified atom stereocenters. The van der Waals surface area contributed by atoms with E-state index in [0.29, 0.717) is 12.0 Å². The second kappa shape index (κ2) is 15.5. The fraction of sp³-hybridized carbons (Fsp3) is 0.633. The number of carbonyl (C=O) groups is 3. The van der Waals surface area contributed by atoms with Crippen LogP contribution in [0.1, 0.15) is 60.3 Å². The van der Waals surface area contributed by atoms with Gasteiger partial charge in [0.15, 0.2) is 0 Å². The number of carbonyl (C=O) groups excluding carboxylic acids is 3. The zero-order valence-electron chi connectivity index (χ0n) is 24.4. The van der Waals surface area contributed by atoms with Gasteiger partial charge in [0.1, 0.15) is 11.7 Å². The molecule has 40 heavy (non-hydrogen) atoms. The van der Waals surface area contributed by atoms with Crippen LogP contribution >= 0.6 is 11.6 Å². The first kappa shape index (κ1) is 33.7. The first-order chi connectivity index (χ1) is 18.8. The number of allylic oxidation sites excluding steroid dienone is 2. The summed E-state index contributed by atoms with van der Waals surface area (Å²) in [6.45, 7) is 13.0. The maximum absolute atomic E-state index is 12.4. The van der Waals surface area contributed by atoms with Gasteiger partial charge in [-0.2, -0.15) is 0 Å². The number of methoxy groups -OCH3 is 1. The third-order valence-electron chi connectivity index (χ3n) is 7.31. The number of nitrogens with one attached hydrogen (secondary N) is 1. The van der Waals surface area contributed by atoms with Crippen molar-refractivity contribution in [3.8, 4) is 0 Å². The van der Waals surface area contributed by atoms with E-state index in [1.54, 1.807) is 13.0 Å². The van der Waals surface area contributed by atoms with Gasteiger partial charge >= 0.3 is 11.9 Å². The predicted molar refractivity (Wildman–Crippen MR) is 153 cm³/mol. The van der Waals surface area contributed by atoms with E-state index >= 15 is 0 Å². The Labute approximate surface area is 242 Å². The number of amides is 1. The third-order valence-corrected chi connectivity index (χ3v) is 7.75. The van der Waals surface area contributed by atoms with Crippen LogP contribution in [0, 0.1) is 5.92 Å². The lowest BCUT2D eigenvalue weighted by Crippen LogP contribution is -2.50. The molecule has 10 heteroatoms. The molecule has 2 saturated heterocycles. The van der Waals surface area contributed by atoms with Crippen molar-refractivity contribution in [2.75, 3.05) is 13.0 Å². The van der Waals surface area contributed by atoms with Crippen LogP contribution in [-0.4, -0.2) is 78.1 Å². The van der Waals surface area contributed by atoms with Crippen LogP contribution in [0.3, 0.4) is 0 Å². The Morgan fingerprint density at radius 1 is 1.25 bits per heavy atom. The molecule has 0 aliphatic carbocycles. The summed E-state index contributed by atoms with van der Waals surface area (Å²) in [4.78, 5) is 35.1. The largest absolute Gasteiger partial charge is 0.469 e. The fourth-order valence-corrected chi connectivity index (χ4v) is 5.16. The van der Waals surface area contributed by atoms with E-state index in [1.165, 1.54) is 20.1 Å². The molecule has 0 aromatic carbocycles. The Balaban J connectivity index is 1.94. The van der Waals surface area contributed by atoms with Crippen molar-refractivity contribution in [1.29, 1.82) is 0 Å². The summed E-state index contributed by atoms with van der Waals surface area (Å²) in [6, 6.07) is -0.134. The minimum atomic E-state index is -1.34. The van der Waals surface area contributed by atoms with E-state index in [9.17, 15) is 19.5 Å². The van der Waals surface area contributed by atoms with E-state index in [4.69, 9.17) is 30.5 Å². The zero-order chi connectivity index (χ0) is 30.0. The number of ether oxygens (including phenoxy) is 4. The average molecular weight is 582 g/mol. The zero-order valence-corrected chi connectivity index (χ0v) is 25.1. The number of halogens is 1. The summed E-state index contributed by atoms with van der Waals surface area (Å²) < 4.78 is 22.0. The molecule has 2 rings (SSSR count). The molecule has 2 aliphatic heterocycles. The first-order valence-electron chi connectivity index (χ1n) is 13.6. The van der Waals surface area contributed by atoms with Crippen LogP contribution in [-0.2, 0) is 33.3 Å². The molecule has 0 aromatic rings. The lowest BCUT2D eigenvalue weighted by atomic mass is 9.83. The highest BCUT2D eigenvalue weighted by atomic mass is 35.5. The van der Waals surface area contributed by atoms with Crippen LogP contribution in [0.5, 0.6) is 0 Å². The van der Waals surface area contributed by atoms with Crippen molar-refractivity contribution in [2.45, 2.75) is 102 Å². The summed E-state index contributed by atoms with van der Waals surface area (Å²) in [7, 11) is 1.31. The van der Waals surface area contributed by atoms with E-state index in [2.05, 4.69) is 24.9 Å². The molecule has 0 spiro atoms. The molecule has 0 saturated carbocycles. The molecule has 0 bridgehead atoms. The monoisotopic (exact) mass is 581 g/mol. The second-order valence-electron chi connectivity index (χ2n) is 10.8. The topological polar surface area (TPSA) is 120 Å². The van der Waals surface area contributed by atoms with E-state index in [-0.39, 0.29) is 48.8 Å². The molecule has 2 fully saturated rings. The smallest absolute Gasteiger partial charge is 0.308 e. The maximum atomic E-state index is 12.4. The minimum absolute atomic E-state index is 0.0160. The third kappa shape index (κ3) is 10.2. The van der Waals surface area contributed by atoms with Gasteiger partial charge in [0.25, 0.3) is 0 Å². The van der Waals surface area contributed by atoms with Gasteiger partial charge in [-0.3, -0.25) is 14.4 Å². The average Bonchev–Trinajstić information content (AvgIpc) is 2.89. The van der Waals surface area contributed by atoms with Crippen LogP contribution in [0.15, 0.2) is 48.1 Å². The second-order valence-corrected chi connectivity index (χ2v) is 11.0. The number of hydrogen-bond acceptors (Lipinski definition) is 8. The van der Waals surface area contributed by atoms with Crippen LogP contribution in [0.2, 0.25) is 0 Å². The van der Waals surface area contributed by atoms with Gasteiger partial charge in [0.2, 0.25) is 5.91 Å². The van der Waals surface area contributed by atoms with E-state index < -0.39 is 35.9 Å². The summed E-state index contributed by atoms with van der Waals surface area (Å²) in [5.41, 5.74) is 0.0934. The van der Waals surface area contributed by atoms with Gasteiger partial charge in [-0.25, -0.2) is 0 Å². The quantitative estimate of drug-likeness (QED) is 0.124. The van der Waals surface area contributed by atoms with Crippen LogP contribution in [0.4, 0.5) is 0 Å². The number of esters is 2. The summed E-state index contributed by atoms with van der Waals surface area (Å²) in [5.74, 6) is -0.921. The van der Waals surface area contributed by atoms with Crippen molar-refractivity contribution in [2.24, 2.45) is 5.92 Å². The molecule has 9 nitrogen and oxygen atoms in total. The SMILES string of the molecule is C=C1C(C=CC(C)=CCC2OC(C)C(NC(=O)C=CC(C)OC(C)=O)CC2C)OC(CC(=O)OC)CC1(O)CCl. The molecule has 2 N–H and O–H groups in total. The Kier molecular flexibility index (Phi) is 13.1. The molecule has 8 atom stereocenters. The standard InChI is InChI=1S/C30H44ClNO8/c1-18(9-12-27-21(4)30(36,17-31)16-24(40-27)15-29(35)37-7)8-11-26-19(2)14-25(22(5)39-26)32-28(34)13-10-20(3)38-23(6)33/h8-10,12-13,19-20,22,24-27,36H,4,11,14-17H2,1-3,5-7H3,(H,32,34). The number of alkyl halides is 1. The first-order valence-corrected chi connectivity index (χ1v) is 14.2. The predicted octanol–water partition coefficient (Wildman–Crippen LogP) is 3.93. The molecule has 224 valence electrons. The Morgan fingerprint density at radius 2 is 1.95 bits per heavy atom. The highest BCUT2D eigenvalue weighted by Gasteiger charge is 2.42. The molecule has 2 aliphatic rings. The van der Waals surface area contributed by atoms with Crippen molar-refractivity contribution < 1.29 is 38.4 Å². The van der Waals surface area contributed by atoms with E-state index in [1.807, 2.05) is 26.0 Å². The molecule has 0 radical (unpaired) electrons. The number of aliphatic hydroxyl groups is 1. The van der Waals surface area contributed by atoms with Crippen molar-refractivity contribution >= 4 is 29.4 Å².